The number of hydrogen-bond donors (Lipinski definition) is 9. The number of carboxylic acid groups (broad SMARTS) is 3. The molecule has 0 radical (unpaired) electrons. The summed E-state index contributed by atoms with van der Waals surface area (Å²) >= 11 is 0. The normalized spacial score (nSPS) is 10.7. The number of nitrogens with two attached hydrogens (primary N) is 3. The number of carbonyl (C=O) groups is 6. The molecule has 3 aromatic heterocycles. The summed E-state index contributed by atoms with van der Waals surface area (Å²) in [5.41, 5.74) is 17.1. The molecule has 0 spiro atoms. The topological polar surface area (TPSA) is 358 Å². The van der Waals surface area contributed by atoms with Crippen molar-refractivity contribution in [1.82, 2.24) is 45.9 Å². The molecule has 12 N–H and O–H groups in total. The van der Waals surface area contributed by atoms with E-state index in [2.05, 4.69) is 45.9 Å². The molecule has 21 nitrogen and oxygen atoms in total. The number of nitrogens with one attached hydrogen (secondary N) is 3. The van der Waals surface area contributed by atoms with E-state index in [1.165, 1.54) is 37.6 Å². The fraction of sp³-hybridized carbons (Fsp3) is 0.414. The Kier molecular flexibility index (Phi) is 42.8. The van der Waals surface area contributed by atoms with E-state index in [4.69, 9.17) is 32.5 Å². The number of imidazole rings is 3. The molecule has 0 aromatic carbocycles. The van der Waals surface area contributed by atoms with Crippen LogP contribution in [0.2, 0.25) is 0 Å². The van der Waals surface area contributed by atoms with Crippen LogP contribution in [0.1, 0.15) is 36.3 Å². The van der Waals surface area contributed by atoms with Crippen molar-refractivity contribution in [2.24, 2.45) is 17.2 Å². The molecule has 0 saturated carbocycles. The molecule has 0 aliphatic heterocycles. The van der Waals surface area contributed by atoms with Gasteiger partial charge in [-0.25, -0.2) is 14.4 Å². The van der Waals surface area contributed by atoms with E-state index in [1.54, 1.807) is 0 Å². The van der Waals surface area contributed by atoms with Gasteiger partial charge >= 0.3 is 37.4 Å². The first-order valence-electron chi connectivity index (χ1n) is 14.3. The Morgan fingerprint density at radius 3 is 0.907 bits per heavy atom. The van der Waals surface area contributed by atoms with Crippen LogP contribution in [0.4, 0.5) is 0 Å². The van der Waals surface area contributed by atoms with Crippen molar-refractivity contribution in [2.75, 3.05) is 19.6 Å². The van der Waals surface area contributed by atoms with Gasteiger partial charge in [0.1, 0.15) is 18.1 Å². The Morgan fingerprint density at radius 2 is 0.759 bits per heavy atom. The Labute approximate surface area is 364 Å². The van der Waals surface area contributed by atoms with E-state index >= 15 is 0 Å². The van der Waals surface area contributed by atoms with E-state index in [0.717, 1.165) is 0 Å². The van der Waals surface area contributed by atoms with Gasteiger partial charge in [-0.3, -0.25) is 14.4 Å². The largest absolute Gasteiger partial charge is 2.00 e. The molecule has 54 heavy (non-hydrogen) atoms. The zero-order valence-electron chi connectivity index (χ0n) is 30.6. The Bertz CT molecular complexity index is 1240. The molecule has 25 heteroatoms. The van der Waals surface area contributed by atoms with E-state index < -0.39 is 36.0 Å². The van der Waals surface area contributed by atoms with Crippen LogP contribution < -0.4 is 48.1 Å². The van der Waals surface area contributed by atoms with Crippen LogP contribution in [0.15, 0.2) is 37.6 Å². The van der Waals surface area contributed by atoms with Crippen molar-refractivity contribution in [3.8, 4) is 0 Å². The summed E-state index contributed by atoms with van der Waals surface area (Å²) in [6.07, 6.45) is 9.05. The monoisotopic (exact) mass is 961 g/mol. The first-order chi connectivity index (χ1) is 22.9. The maximum absolute atomic E-state index is 11.2. The average Bonchev–Trinajstić information content (AvgIpc) is 3.82. The van der Waals surface area contributed by atoms with Crippen molar-refractivity contribution in [2.45, 2.75) is 56.7 Å². The standard InChI is InChI=1S/3C9H14N4O3.2CH3.4Zn/c3*10-2-1-8(14)13-7(9(15)16)3-6-4-11-5-12-6;;;;;;/h3*4-5,7H,1-3,10H2,(H3,11,12,13,14,15,16);2*1H3;;;;/q;;;2*-1;;;;+2/p-3/t3*7-;;;;;;/m000....../s1. The van der Waals surface area contributed by atoms with Crippen molar-refractivity contribution >= 4 is 35.6 Å². The predicted octanol–water partition coefficient (Wildman–Crippen LogP) is -3.61. The van der Waals surface area contributed by atoms with Crippen LogP contribution in [0.25, 0.3) is 0 Å². The van der Waals surface area contributed by atoms with Crippen LogP contribution in [-0.2, 0) is 126 Å². The molecule has 3 aromatic rings. The molecule has 0 aliphatic rings. The Balaban J connectivity index is -0.000000152. The molecule has 3 atom stereocenters. The van der Waals surface area contributed by atoms with Gasteiger partial charge in [0.05, 0.1) is 0 Å². The van der Waals surface area contributed by atoms with Crippen LogP contribution in [0, 0.1) is 14.9 Å². The second-order valence-electron chi connectivity index (χ2n) is 9.65. The van der Waals surface area contributed by atoms with E-state index in [0.29, 0.717) is 17.1 Å². The molecule has 0 bridgehead atoms. The third-order valence-corrected chi connectivity index (χ3v) is 5.80. The Morgan fingerprint density at radius 1 is 0.537 bits per heavy atom. The van der Waals surface area contributed by atoms with E-state index in [-0.39, 0.29) is 169 Å². The van der Waals surface area contributed by atoms with E-state index in [9.17, 15) is 28.8 Å². The Hall–Kier alpha value is -3.18. The SMILES string of the molecule is NCCC(=O)N[C@@H](Cc1c[n-]cn1)C(=O)O.NCCC(=O)N[C@@H](Cc1c[n-]cn1)C(=O)O.NCCC(=O)N[C@@H](Cc1c[n-]cn1)C(=O)O.[CH3-].[CH3-].[Zn+2].[Zn].[Zn].[Zn]. The first kappa shape index (κ1) is 62.8. The van der Waals surface area contributed by atoms with Crippen molar-refractivity contribution in [3.63, 3.8) is 0 Å². The average molecular weight is 967 g/mol. The number of amides is 3. The number of aliphatic carboxylic acids is 3. The maximum atomic E-state index is 11.2. The minimum absolute atomic E-state index is 0. The van der Waals surface area contributed by atoms with Gasteiger partial charge in [0.15, 0.2) is 0 Å². The van der Waals surface area contributed by atoms with E-state index in [1.807, 2.05) is 0 Å². The zero-order valence-corrected chi connectivity index (χ0v) is 42.5. The van der Waals surface area contributed by atoms with Crippen molar-refractivity contribution in [1.29, 1.82) is 0 Å². The summed E-state index contributed by atoms with van der Waals surface area (Å²) in [6.45, 7) is 0.567. The van der Waals surface area contributed by atoms with Crippen LogP contribution in [-0.4, -0.2) is 104 Å². The minimum atomic E-state index is -1.10. The summed E-state index contributed by atoms with van der Waals surface area (Å²) in [6, 6.07) is -2.97. The summed E-state index contributed by atoms with van der Waals surface area (Å²) in [4.78, 5) is 88.9. The van der Waals surface area contributed by atoms with Crippen LogP contribution in [0.5, 0.6) is 0 Å². The summed E-state index contributed by atoms with van der Waals surface area (Å²) in [5, 5.41) is 33.8. The van der Waals surface area contributed by atoms with Gasteiger partial charge in [-0.15, -0.1) is 0 Å². The van der Waals surface area contributed by atoms with Gasteiger partial charge in [0.2, 0.25) is 17.7 Å². The third-order valence-electron chi connectivity index (χ3n) is 5.80. The van der Waals surface area contributed by atoms with Gasteiger partial charge in [-0.2, -0.15) is 0 Å². The first-order valence-corrected chi connectivity index (χ1v) is 14.3. The fourth-order valence-corrected chi connectivity index (χ4v) is 3.52. The molecule has 0 aliphatic carbocycles. The van der Waals surface area contributed by atoms with Gasteiger partial charge < -0.3 is 93.2 Å². The molecular weight excluding hydrogens is 922 g/mol. The van der Waals surface area contributed by atoms with Gasteiger partial charge in [0.25, 0.3) is 0 Å². The number of aromatic nitrogens is 6. The number of hydrogen-bond acceptors (Lipinski definition) is 12. The smallest absolute Gasteiger partial charge is 0.480 e. The molecule has 3 heterocycles. The number of nitrogens with zero attached hydrogens (tertiary/aromatic N) is 6. The predicted molar refractivity (Wildman–Crippen MR) is 176 cm³/mol. The number of carbonyl (C=O) groups excluding carboxylic acids is 3. The third kappa shape index (κ3) is 28.3. The summed E-state index contributed by atoms with van der Waals surface area (Å²) in [7, 11) is 0. The molecule has 286 valence electrons. The van der Waals surface area contributed by atoms with Crippen molar-refractivity contribution in [3.05, 3.63) is 69.5 Å². The van der Waals surface area contributed by atoms with Gasteiger partial charge in [-0.1, -0.05) is 54.7 Å². The molecule has 0 unspecified atom stereocenters. The zero-order chi connectivity index (χ0) is 35.9. The molecule has 0 saturated heterocycles. The van der Waals surface area contributed by atoms with Gasteiger partial charge in [-0.05, 0) is 19.3 Å². The van der Waals surface area contributed by atoms with Crippen molar-refractivity contribution < 1.29 is 122 Å². The number of rotatable bonds is 18. The second kappa shape index (κ2) is 36.8. The fourth-order valence-electron chi connectivity index (χ4n) is 3.52. The molecular formula is C29H45N12O9Zn4-3. The van der Waals surface area contributed by atoms with Gasteiger partial charge in [0, 0.05) is 97.3 Å². The maximum Gasteiger partial charge on any atom is 2.00 e. The second-order valence-corrected chi connectivity index (χ2v) is 9.65. The quantitative estimate of drug-likeness (QED) is 0.0439. The summed E-state index contributed by atoms with van der Waals surface area (Å²) < 4.78 is 0. The van der Waals surface area contributed by atoms with Crippen LogP contribution >= 0.6 is 0 Å². The summed E-state index contributed by atoms with van der Waals surface area (Å²) in [5.74, 6) is -4.45. The number of carboxylic acids is 3. The minimum Gasteiger partial charge on any atom is -0.480 e. The molecule has 3 rings (SSSR count). The van der Waals surface area contributed by atoms with Crippen LogP contribution in [0.3, 0.4) is 0 Å². The molecule has 0 fully saturated rings. The molecule has 3 amide bonds.